The molecule has 1 heterocycles. The molecule has 1 aromatic heterocycles. The van der Waals surface area contributed by atoms with Crippen molar-refractivity contribution in [2.75, 3.05) is 11.9 Å². The molecule has 0 saturated carbocycles. The summed E-state index contributed by atoms with van der Waals surface area (Å²) in [6, 6.07) is 5.64. The third kappa shape index (κ3) is 2.66. The molecule has 0 atom stereocenters. The average molecular weight is 266 g/mol. The lowest BCUT2D eigenvalue weighted by atomic mass is 10.2. The van der Waals surface area contributed by atoms with Crippen LogP contribution in [-0.4, -0.2) is 21.7 Å². The summed E-state index contributed by atoms with van der Waals surface area (Å²) in [6.45, 7) is 0.667. The van der Waals surface area contributed by atoms with E-state index in [2.05, 4.69) is 9.88 Å². The number of hydrogen-bond acceptors (Lipinski definition) is 3. The van der Waals surface area contributed by atoms with Gasteiger partial charge in [0.25, 0.3) is 0 Å². The van der Waals surface area contributed by atoms with E-state index in [9.17, 15) is 0 Å². The van der Waals surface area contributed by atoms with Gasteiger partial charge in [-0.2, -0.15) is 0 Å². The normalized spacial score (nSPS) is 10.7. The molecule has 2 aromatic rings. The van der Waals surface area contributed by atoms with E-state index < -0.39 is 0 Å². The molecular weight excluding hydrogens is 250 g/mol. The van der Waals surface area contributed by atoms with E-state index in [-0.39, 0.29) is 6.61 Å². The standard InChI is InChI=1S/C13H16ClN3O/c1-16-6-5-15-13(16)8-17(2)11-4-3-10(9-18)12(14)7-11/h3-7,18H,8-9H2,1-2H3. The van der Waals surface area contributed by atoms with E-state index in [1.54, 1.807) is 6.20 Å². The Hall–Kier alpha value is -1.52. The van der Waals surface area contributed by atoms with Crippen molar-refractivity contribution in [1.29, 1.82) is 0 Å². The fraction of sp³-hybridized carbons (Fsp3) is 0.308. The molecule has 1 N–H and O–H groups in total. The van der Waals surface area contributed by atoms with Gasteiger partial charge in [-0.3, -0.25) is 0 Å². The molecule has 0 spiro atoms. The lowest BCUT2D eigenvalue weighted by Gasteiger charge is -2.19. The van der Waals surface area contributed by atoms with E-state index in [1.165, 1.54) is 0 Å². The number of aryl methyl sites for hydroxylation is 1. The molecule has 18 heavy (non-hydrogen) atoms. The Morgan fingerprint density at radius 3 is 2.78 bits per heavy atom. The monoisotopic (exact) mass is 265 g/mol. The van der Waals surface area contributed by atoms with E-state index in [0.29, 0.717) is 11.6 Å². The number of halogens is 1. The van der Waals surface area contributed by atoms with Gasteiger partial charge in [-0.25, -0.2) is 4.98 Å². The number of hydrogen-bond donors (Lipinski definition) is 1. The lowest BCUT2D eigenvalue weighted by molar-refractivity contribution is 0.282. The Labute approximate surface area is 111 Å². The molecule has 96 valence electrons. The van der Waals surface area contributed by atoms with Gasteiger partial charge in [0.2, 0.25) is 0 Å². The molecule has 0 saturated heterocycles. The van der Waals surface area contributed by atoms with Crippen molar-refractivity contribution in [1.82, 2.24) is 9.55 Å². The minimum absolute atomic E-state index is 0.0395. The van der Waals surface area contributed by atoms with Gasteiger partial charge in [-0.1, -0.05) is 17.7 Å². The SMILES string of the molecule is CN(Cc1nccn1C)c1ccc(CO)c(Cl)c1. The summed E-state index contributed by atoms with van der Waals surface area (Å²) < 4.78 is 1.99. The summed E-state index contributed by atoms with van der Waals surface area (Å²) in [5, 5.41) is 9.67. The molecule has 0 unspecified atom stereocenters. The highest BCUT2D eigenvalue weighted by Crippen LogP contribution is 2.23. The number of nitrogens with zero attached hydrogens (tertiary/aromatic N) is 3. The molecule has 0 bridgehead atoms. The van der Waals surface area contributed by atoms with Crippen molar-refractivity contribution in [3.8, 4) is 0 Å². The van der Waals surface area contributed by atoms with Gasteiger partial charge in [-0.05, 0) is 17.7 Å². The van der Waals surface area contributed by atoms with E-state index in [1.807, 2.05) is 43.1 Å². The predicted octanol–water partition coefficient (Wildman–Crippen LogP) is 2.20. The predicted molar refractivity (Wildman–Crippen MR) is 72.7 cm³/mol. The molecular formula is C13H16ClN3O. The van der Waals surface area contributed by atoms with Gasteiger partial charge < -0.3 is 14.6 Å². The van der Waals surface area contributed by atoms with Gasteiger partial charge in [0.15, 0.2) is 0 Å². The summed E-state index contributed by atoms with van der Waals surface area (Å²) in [5.74, 6) is 0.986. The van der Waals surface area contributed by atoms with Crippen molar-refractivity contribution in [2.45, 2.75) is 13.2 Å². The molecule has 0 radical (unpaired) electrons. The number of imidazole rings is 1. The Bertz CT molecular complexity index is 539. The molecule has 0 fully saturated rings. The van der Waals surface area contributed by atoms with Gasteiger partial charge in [0.05, 0.1) is 13.2 Å². The summed E-state index contributed by atoms with van der Waals surface area (Å²) in [4.78, 5) is 6.35. The highest BCUT2D eigenvalue weighted by molar-refractivity contribution is 6.31. The third-order valence-electron chi connectivity index (χ3n) is 2.95. The fourth-order valence-corrected chi connectivity index (χ4v) is 1.99. The summed E-state index contributed by atoms with van der Waals surface area (Å²) in [5.41, 5.74) is 1.74. The maximum atomic E-state index is 9.08. The van der Waals surface area contributed by atoms with Crippen LogP contribution in [-0.2, 0) is 20.2 Å². The summed E-state index contributed by atoms with van der Waals surface area (Å²) in [6.07, 6.45) is 3.70. The maximum absolute atomic E-state index is 9.08. The topological polar surface area (TPSA) is 41.3 Å². The van der Waals surface area contributed by atoms with Crippen molar-refractivity contribution in [3.05, 3.63) is 47.0 Å². The van der Waals surface area contributed by atoms with Crippen LogP contribution < -0.4 is 4.90 Å². The van der Waals surface area contributed by atoms with Crippen LogP contribution in [0.25, 0.3) is 0 Å². The Kier molecular flexibility index (Phi) is 3.89. The summed E-state index contributed by atoms with van der Waals surface area (Å²) in [7, 11) is 3.96. The number of rotatable bonds is 4. The zero-order valence-electron chi connectivity index (χ0n) is 10.5. The van der Waals surface area contributed by atoms with Gasteiger partial charge in [0.1, 0.15) is 5.82 Å². The first-order valence-electron chi connectivity index (χ1n) is 5.68. The second-order valence-corrected chi connectivity index (χ2v) is 4.65. The first-order valence-corrected chi connectivity index (χ1v) is 6.06. The van der Waals surface area contributed by atoms with Crippen LogP contribution in [0, 0.1) is 0 Å². The highest BCUT2D eigenvalue weighted by atomic mass is 35.5. The highest BCUT2D eigenvalue weighted by Gasteiger charge is 2.08. The minimum atomic E-state index is -0.0395. The average Bonchev–Trinajstić information content (AvgIpc) is 2.75. The molecule has 0 aliphatic rings. The van der Waals surface area contributed by atoms with Crippen molar-refractivity contribution >= 4 is 17.3 Å². The largest absolute Gasteiger partial charge is 0.392 e. The molecule has 0 amide bonds. The number of aliphatic hydroxyl groups excluding tert-OH is 1. The molecule has 4 nitrogen and oxygen atoms in total. The van der Waals surface area contributed by atoms with Crippen molar-refractivity contribution < 1.29 is 5.11 Å². The van der Waals surface area contributed by atoms with Crippen molar-refractivity contribution in [2.24, 2.45) is 7.05 Å². The zero-order valence-corrected chi connectivity index (χ0v) is 11.2. The summed E-state index contributed by atoms with van der Waals surface area (Å²) >= 11 is 6.08. The molecule has 0 aliphatic heterocycles. The van der Waals surface area contributed by atoms with Crippen LogP contribution in [0.5, 0.6) is 0 Å². The van der Waals surface area contributed by atoms with E-state index in [4.69, 9.17) is 16.7 Å². The fourth-order valence-electron chi connectivity index (χ4n) is 1.75. The molecule has 2 rings (SSSR count). The molecule has 0 aliphatic carbocycles. The zero-order chi connectivity index (χ0) is 13.1. The van der Waals surface area contributed by atoms with Gasteiger partial charge >= 0.3 is 0 Å². The maximum Gasteiger partial charge on any atom is 0.127 e. The van der Waals surface area contributed by atoms with Crippen molar-refractivity contribution in [3.63, 3.8) is 0 Å². The first kappa shape index (κ1) is 12.9. The lowest BCUT2D eigenvalue weighted by Crippen LogP contribution is -2.19. The number of anilines is 1. The van der Waals surface area contributed by atoms with Gasteiger partial charge in [-0.15, -0.1) is 0 Å². The van der Waals surface area contributed by atoms with Gasteiger partial charge in [0, 0.05) is 37.2 Å². The second kappa shape index (κ2) is 5.42. The van der Waals surface area contributed by atoms with Crippen LogP contribution in [0.4, 0.5) is 5.69 Å². The van der Waals surface area contributed by atoms with E-state index >= 15 is 0 Å². The Morgan fingerprint density at radius 1 is 1.44 bits per heavy atom. The second-order valence-electron chi connectivity index (χ2n) is 4.24. The molecule has 5 heteroatoms. The van der Waals surface area contributed by atoms with Crippen LogP contribution in [0.15, 0.2) is 30.6 Å². The Morgan fingerprint density at radius 2 is 2.22 bits per heavy atom. The smallest absolute Gasteiger partial charge is 0.127 e. The minimum Gasteiger partial charge on any atom is -0.392 e. The van der Waals surface area contributed by atoms with Crippen LogP contribution >= 0.6 is 11.6 Å². The number of aliphatic hydroxyl groups is 1. The quantitative estimate of drug-likeness (QED) is 0.922. The number of benzene rings is 1. The van der Waals surface area contributed by atoms with E-state index in [0.717, 1.165) is 17.1 Å². The van der Waals surface area contributed by atoms with Crippen LogP contribution in [0.1, 0.15) is 11.4 Å². The third-order valence-corrected chi connectivity index (χ3v) is 3.30. The van der Waals surface area contributed by atoms with Crippen LogP contribution in [0.2, 0.25) is 5.02 Å². The Balaban J connectivity index is 2.16. The first-order chi connectivity index (χ1) is 8.61. The number of aromatic nitrogens is 2. The van der Waals surface area contributed by atoms with Crippen LogP contribution in [0.3, 0.4) is 0 Å². The molecule has 1 aromatic carbocycles.